The first-order valence-electron chi connectivity index (χ1n) is 4.23. The van der Waals surface area contributed by atoms with E-state index in [9.17, 15) is 8.42 Å². The van der Waals surface area contributed by atoms with Gasteiger partial charge in [0.25, 0.3) is 9.05 Å². The molecular weight excluding hydrogens is 271 g/mol. The Morgan fingerprint density at radius 3 is 2.62 bits per heavy atom. The summed E-state index contributed by atoms with van der Waals surface area (Å²) in [5.41, 5.74) is 0.326. The van der Waals surface area contributed by atoms with Crippen molar-refractivity contribution in [3.63, 3.8) is 0 Å². The lowest BCUT2D eigenvalue weighted by Gasteiger charge is -2.06. The molecule has 16 heavy (non-hydrogen) atoms. The second-order valence-electron chi connectivity index (χ2n) is 3.00. The van der Waals surface area contributed by atoms with Crippen LogP contribution < -0.4 is 0 Å². The van der Waals surface area contributed by atoms with Gasteiger partial charge in [-0.1, -0.05) is 11.6 Å². The van der Waals surface area contributed by atoms with Crippen LogP contribution in [-0.2, 0) is 9.05 Å². The molecule has 0 unspecified atom stereocenters. The van der Waals surface area contributed by atoms with Gasteiger partial charge in [-0.25, -0.2) is 13.1 Å². The van der Waals surface area contributed by atoms with Crippen LogP contribution >= 0.6 is 22.3 Å². The van der Waals surface area contributed by atoms with Gasteiger partial charge in [0.05, 0.1) is 5.69 Å². The minimum Gasteiger partial charge on any atom is -0.240 e. The zero-order valence-corrected chi connectivity index (χ0v) is 10.2. The third-order valence-corrected chi connectivity index (χ3v) is 3.54. The van der Waals surface area contributed by atoms with Crippen molar-refractivity contribution in [2.24, 2.45) is 0 Å². The van der Waals surface area contributed by atoms with E-state index >= 15 is 0 Å². The normalized spacial score (nSPS) is 11.6. The van der Waals surface area contributed by atoms with Crippen LogP contribution in [-0.4, -0.2) is 18.2 Å². The van der Waals surface area contributed by atoms with Gasteiger partial charge in [0.15, 0.2) is 0 Å². The Hall–Kier alpha value is -1.04. The van der Waals surface area contributed by atoms with Crippen LogP contribution in [0, 0.1) is 0 Å². The molecule has 0 atom stereocenters. The summed E-state index contributed by atoms with van der Waals surface area (Å²) >= 11 is 5.80. The van der Waals surface area contributed by atoms with Crippen LogP contribution in [0.1, 0.15) is 0 Å². The highest BCUT2D eigenvalue weighted by molar-refractivity contribution is 8.13. The molecule has 0 aliphatic carbocycles. The number of rotatable bonds is 2. The molecule has 0 N–H and O–H groups in total. The molecule has 2 aromatic rings. The van der Waals surface area contributed by atoms with Crippen LogP contribution in [0.4, 0.5) is 0 Å². The standard InChI is InChI=1S/C9H6Cl2N2O2S/c10-7-2-3-9(16(11,14)15)8(6-7)13-5-1-4-12-13/h1-6H. The summed E-state index contributed by atoms with van der Waals surface area (Å²) in [6.07, 6.45) is 3.14. The molecule has 2 rings (SSSR count). The highest BCUT2D eigenvalue weighted by Gasteiger charge is 2.17. The highest BCUT2D eigenvalue weighted by atomic mass is 35.7. The average Bonchev–Trinajstić information content (AvgIpc) is 2.68. The van der Waals surface area contributed by atoms with Crippen molar-refractivity contribution in [2.75, 3.05) is 0 Å². The monoisotopic (exact) mass is 276 g/mol. The molecule has 0 aliphatic rings. The van der Waals surface area contributed by atoms with Gasteiger partial charge in [-0.05, 0) is 24.3 Å². The summed E-state index contributed by atoms with van der Waals surface area (Å²) < 4.78 is 24.1. The van der Waals surface area contributed by atoms with Crippen molar-refractivity contribution in [3.8, 4) is 5.69 Å². The van der Waals surface area contributed by atoms with E-state index in [1.807, 2.05) is 0 Å². The minimum atomic E-state index is -3.82. The molecule has 0 radical (unpaired) electrons. The molecule has 1 aromatic carbocycles. The van der Waals surface area contributed by atoms with Gasteiger partial charge in [-0.2, -0.15) is 5.10 Å². The number of hydrogen-bond donors (Lipinski definition) is 0. The number of aromatic nitrogens is 2. The summed E-state index contributed by atoms with van der Waals surface area (Å²) in [5.74, 6) is 0. The molecule has 0 amide bonds. The fourth-order valence-electron chi connectivity index (χ4n) is 1.29. The Morgan fingerprint density at radius 2 is 2.06 bits per heavy atom. The molecule has 0 aliphatic heterocycles. The van der Waals surface area contributed by atoms with Crippen LogP contribution in [0.15, 0.2) is 41.6 Å². The van der Waals surface area contributed by atoms with Crippen LogP contribution in [0.25, 0.3) is 5.69 Å². The summed E-state index contributed by atoms with van der Waals surface area (Å²) in [6.45, 7) is 0. The smallest absolute Gasteiger partial charge is 0.240 e. The topological polar surface area (TPSA) is 52.0 Å². The van der Waals surface area contributed by atoms with E-state index in [2.05, 4.69) is 5.10 Å². The Morgan fingerprint density at radius 1 is 1.31 bits per heavy atom. The summed E-state index contributed by atoms with van der Waals surface area (Å²) in [4.78, 5) is -0.0257. The van der Waals surface area contributed by atoms with Gasteiger partial charge >= 0.3 is 0 Å². The van der Waals surface area contributed by atoms with E-state index < -0.39 is 9.05 Å². The third kappa shape index (κ3) is 2.21. The van der Waals surface area contributed by atoms with Crippen molar-refractivity contribution in [2.45, 2.75) is 4.90 Å². The van der Waals surface area contributed by atoms with Crippen molar-refractivity contribution in [3.05, 3.63) is 41.7 Å². The molecule has 4 nitrogen and oxygen atoms in total. The quantitative estimate of drug-likeness (QED) is 0.792. The Bertz CT molecular complexity index is 608. The fourth-order valence-corrected chi connectivity index (χ4v) is 2.48. The first-order valence-corrected chi connectivity index (χ1v) is 6.91. The molecule has 0 saturated heterocycles. The maximum atomic E-state index is 11.3. The minimum absolute atomic E-state index is 0.0257. The zero-order chi connectivity index (χ0) is 11.8. The van der Waals surface area contributed by atoms with E-state index in [0.717, 1.165) is 0 Å². The average molecular weight is 277 g/mol. The Balaban J connectivity index is 2.73. The van der Waals surface area contributed by atoms with Gasteiger partial charge in [-0.3, -0.25) is 0 Å². The van der Waals surface area contributed by atoms with E-state index in [1.54, 1.807) is 12.3 Å². The second kappa shape index (κ2) is 4.08. The predicted octanol–water partition coefficient (Wildman–Crippen LogP) is 2.45. The van der Waals surface area contributed by atoms with E-state index in [0.29, 0.717) is 10.7 Å². The lowest BCUT2D eigenvalue weighted by atomic mass is 10.3. The molecule has 1 aromatic heterocycles. The molecular formula is C9H6Cl2N2O2S. The number of hydrogen-bond acceptors (Lipinski definition) is 3. The third-order valence-electron chi connectivity index (χ3n) is 1.93. The Kier molecular flexibility index (Phi) is 2.92. The van der Waals surface area contributed by atoms with Gasteiger partial charge in [0.1, 0.15) is 4.90 Å². The van der Waals surface area contributed by atoms with Crippen LogP contribution in [0.5, 0.6) is 0 Å². The van der Waals surface area contributed by atoms with E-state index in [4.69, 9.17) is 22.3 Å². The lowest BCUT2D eigenvalue weighted by molar-refractivity contribution is 0.608. The van der Waals surface area contributed by atoms with E-state index in [1.165, 1.54) is 29.1 Å². The molecule has 0 spiro atoms. The molecule has 0 saturated carbocycles. The van der Waals surface area contributed by atoms with Crippen molar-refractivity contribution in [1.29, 1.82) is 0 Å². The van der Waals surface area contributed by atoms with Gasteiger partial charge in [0, 0.05) is 28.1 Å². The van der Waals surface area contributed by atoms with E-state index in [-0.39, 0.29) is 4.90 Å². The fraction of sp³-hybridized carbons (Fsp3) is 0. The number of nitrogens with zero attached hydrogens (tertiary/aromatic N) is 2. The maximum Gasteiger partial charge on any atom is 0.263 e. The summed E-state index contributed by atoms with van der Waals surface area (Å²) in [6, 6.07) is 5.97. The number of halogens is 2. The molecule has 1 heterocycles. The van der Waals surface area contributed by atoms with Crippen LogP contribution in [0.3, 0.4) is 0 Å². The van der Waals surface area contributed by atoms with Gasteiger partial charge in [-0.15, -0.1) is 0 Å². The van der Waals surface area contributed by atoms with Crippen LogP contribution in [0.2, 0.25) is 5.02 Å². The summed E-state index contributed by atoms with van der Waals surface area (Å²) in [7, 11) is 1.50. The zero-order valence-electron chi connectivity index (χ0n) is 7.84. The molecule has 84 valence electrons. The number of benzene rings is 1. The predicted molar refractivity (Wildman–Crippen MR) is 61.6 cm³/mol. The highest BCUT2D eigenvalue weighted by Crippen LogP contribution is 2.26. The van der Waals surface area contributed by atoms with Gasteiger partial charge in [0.2, 0.25) is 0 Å². The molecule has 0 fully saturated rings. The maximum absolute atomic E-state index is 11.3. The lowest BCUT2D eigenvalue weighted by Crippen LogP contribution is -2.02. The van der Waals surface area contributed by atoms with Gasteiger partial charge < -0.3 is 0 Å². The Labute approximate surface area is 102 Å². The molecule has 7 heteroatoms. The van der Waals surface area contributed by atoms with Crippen molar-refractivity contribution in [1.82, 2.24) is 9.78 Å². The largest absolute Gasteiger partial charge is 0.263 e. The van der Waals surface area contributed by atoms with Crippen molar-refractivity contribution >= 4 is 31.3 Å². The summed E-state index contributed by atoms with van der Waals surface area (Å²) in [5, 5.41) is 4.35. The second-order valence-corrected chi connectivity index (χ2v) is 5.97. The molecule has 0 bridgehead atoms. The SMILES string of the molecule is O=S(=O)(Cl)c1ccc(Cl)cc1-n1cccn1. The first kappa shape index (κ1) is 11.4. The van der Waals surface area contributed by atoms with Crippen molar-refractivity contribution < 1.29 is 8.42 Å². The first-order chi connectivity index (χ1) is 7.48.